The summed E-state index contributed by atoms with van der Waals surface area (Å²) in [7, 11) is -4.12. The molecule has 2 unspecified atom stereocenters. The van der Waals surface area contributed by atoms with E-state index in [2.05, 4.69) is 11.9 Å². The minimum Gasteiger partial charge on any atom is -0.396 e. The molecule has 0 amide bonds. The summed E-state index contributed by atoms with van der Waals surface area (Å²) < 4.78 is 33.0. The Hall–Kier alpha value is -1.49. The van der Waals surface area contributed by atoms with Crippen LogP contribution in [0.2, 0.25) is 0 Å². The number of aliphatic hydroxyl groups excluding tert-OH is 1. The Bertz CT molecular complexity index is 685. The van der Waals surface area contributed by atoms with Gasteiger partial charge in [0.2, 0.25) is 5.39 Å². The SMILES string of the molecule is CCCCCCCCCC(CCC(CO)c1ccccc1[N+]#N)S(=O)(=O)O. The minimum atomic E-state index is -4.12. The Morgan fingerprint density at radius 2 is 1.63 bits per heavy atom. The molecule has 1 rings (SSSR count). The van der Waals surface area contributed by atoms with Crippen LogP contribution in [0.25, 0.3) is 4.98 Å². The second kappa shape index (κ2) is 12.8. The highest BCUT2D eigenvalue weighted by Gasteiger charge is 2.27. The molecule has 0 aromatic heterocycles. The van der Waals surface area contributed by atoms with Gasteiger partial charge >= 0.3 is 5.69 Å². The number of benzene rings is 1. The predicted molar refractivity (Wildman–Crippen MR) is 108 cm³/mol. The van der Waals surface area contributed by atoms with Gasteiger partial charge in [0.15, 0.2) is 4.98 Å². The van der Waals surface area contributed by atoms with E-state index in [0.29, 0.717) is 24.1 Å². The Morgan fingerprint density at radius 3 is 2.22 bits per heavy atom. The van der Waals surface area contributed by atoms with Gasteiger partial charge in [-0.1, -0.05) is 70.1 Å². The second-order valence-electron chi connectivity index (χ2n) is 7.16. The quantitative estimate of drug-likeness (QED) is 0.248. The zero-order valence-electron chi connectivity index (χ0n) is 16.3. The van der Waals surface area contributed by atoms with Crippen molar-refractivity contribution in [1.82, 2.24) is 0 Å². The Morgan fingerprint density at radius 1 is 1.00 bits per heavy atom. The summed E-state index contributed by atoms with van der Waals surface area (Å²) in [4.78, 5) is 3.23. The lowest BCUT2D eigenvalue weighted by Gasteiger charge is -2.18. The fourth-order valence-electron chi connectivity index (χ4n) is 3.43. The van der Waals surface area contributed by atoms with E-state index in [-0.39, 0.29) is 18.9 Å². The number of aliphatic hydroxyl groups is 1. The lowest BCUT2D eigenvalue weighted by molar-refractivity contribution is 0.256. The fraction of sp³-hybridized carbons (Fsp3) is 0.700. The molecular weight excluding hydrogens is 364 g/mol. The maximum Gasteiger partial charge on any atom is 0.388 e. The van der Waals surface area contributed by atoms with Gasteiger partial charge in [0.25, 0.3) is 10.1 Å². The lowest BCUT2D eigenvalue weighted by Crippen LogP contribution is -2.22. The summed E-state index contributed by atoms with van der Waals surface area (Å²) in [6.07, 6.45) is 8.71. The van der Waals surface area contributed by atoms with Gasteiger partial charge in [-0.3, -0.25) is 4.55 Å². The number of unbranched alkanes of at least 4 members (excludes halogenated alkanes) is 6. The van der Waals surface area contributed by atoms with Crippen LogP contribution in [0.5, 0.6) is 0 Å². The van der Waals surface area contributed by atoms with E-state index in [9.17, 15) is 18.1 Å². The number of nitrogens with zero attached hydrogens (tertiary/aromatic N) is 2. The molecule has 7 heteroatoms. The highest BCUT2D eigenvalue weighted by atomic mass is 32.2. The van der Waals surface area contributed by atoms with Gasteiger partial charge in [0.05, 0.1) is 17.4 Å². The molecule has 0 fully saturated rings. The maximum atomic E-state index is 11.7. The fourth-order valence-corrected chi connectivity index (χ4v) is 4.33. The van der Waals surface area contributed by atoms with E-state index in [0.717, 1.165) is 19.3 Å². The van der Waals surface area contributed by atoms with E-state index >= 15 is 0 Å². The Balaban J connectivity index is 2.57. The number of hydrogen-bond acceptors (Lipinski definition) is 4. The smallest absolute Gasteiger partial charge is 0.388 e. The normalized spacial score (nSPS) is 13.9. The molecule has 1 aromatic rings. The van der Waals surface area contributed by atoms with Gasteiger partial charge in [0, 0.05) is 12.0 Å². The topological polar surface area (TPSA) is 103 Å². The molecule has 0 aliphatic heterocycles. The van der Waals surface area contributed by atoms with E-state index < -0.39 is 15.4 Å². The van der Waals surface area contributed by atoms with E-state index in [1.165, 1.54) is 25.7 Å². The molecule has 6 nitrogen and oxygen atoms in total. The van der Waals surface area contributed by atoms with Crippen LogP contribution < -0.4 is 0 Å². The molecule has 152 valence electrons. The molecule has 0 aliphatic rings. The molecule has 27 heavy (non-hydrogen) atoms. The molecule has 0 saturated heterocycles. The minimum absolute atomic E-state index is 0.178. The summed E-state index contributed by atoms with van der Waals surface area (Å²) in [6, 6.07) is 6.91. The molecule has 0 saturated carbocycles. The lowest BCUT2D eigenvalue weighted by atomic mass is 9.92. The Labute approximate surface area is 163 Å². The number of rotatable bonds is 14. The largest absolute Gasteiger partial charge is 0.396 e. The maximum absolute atomic E-state index is 11.7. The van der Waals surface area contributed by atoms with Gasteiger partial charge in [-0.25, -0.2) is 0 Å². The van der Waals surface area contributed by atoms with Crippen molar-refractivity contribution in [3.8, 4) is 0 Å². The first-order valence-electron chi connectivity index (χ1n) is 9.95. The van der Waals surface area contributed by atoms with Crippen molar-refractivity contribution in [3.63, 3.8) is 0 Å². The highest BCUT2D eigenvalue weighted by molar-refractivity contribution is 7.86. The molecule has 0 radical (unpaired) electrons. The van der Waals surface area contributed by atoms with Crippen LogP contribution in [0, 0.1) is 5.39 Å². The first-order valence-corrected chi connectivity index (χ1v) is 11.5. The third-order valence-corrected chi connectivity index (χ3v) is 6.41. The van der Waals surface area contributed by atoms with Crippen molar-refractivity contribution in [3.05, 3.63) is 34.8 Å². The third-order valence-electron chi connectivity index (χ3n) is 5.09. The van der Waals surface area contributed by atoms with Crippen LogP contribution in [-0.4, -0.2) is 29.9 Å². The molecule has 2 N–H and O–H groups in total. The summed E-state index contributed by atoms with van der Waals surface area (Å²) in [5.41, 5.74) is 1.04. The molecular formula is C20H33N2O4S+. The molecule has 1 aromatic carbocycles. The average Bonchev–Trinajstić information content (AvgIpc) is 2.65. The van der Waals surface area contributed by atoms with Crippen molar-refractivity contribution in [1.29, 1.82) is 5.39 Å². The summed E-state index contributed by atoms with van der Waals surface area (Å²) in [6.45, 7) is 1.99. The van der Waals surface area contributed by atoms with Crippen molar-refractivity contribution in [2.24, 2.45) is 0 Å². The monoisotopic (exact) mass is 397 g/mol. The van der Waals surface area contributed by atoms with Gasteiger partial charge in [-0.05, 0) is 19.3 Å². The third kappa shape index (κ3) is 8.83. The van der Waals surface area contributed by atoms with Crippen molar-refractivity contribution >= 4 is 15.8 Å². The van der Waals surface area contributed by atoms with E-state index in [1.54, 1.807) is 24.3 Å². The average molecular weight is 398 g/mol. The Kier molecular flexibility index (Phi) is 11.2. The van der Waals surface area contributed by atoms with Crippen LogP contribution in [0.1, 0.15) is 82.6 Å². The first-order chi connectivity index (χ1) is 12.9. The van der Waals surface area contributed by atoms with Crippen molar-refractivity contribution < 1.29 is 18.1 Å². The molecule has 0 heterocycles. The first kappa shape index (κ1) is 23.5. The summed E-state index contributed by atoms with van der Waals surface area (Å²) in [5, 5.41) is 18.0. The van der Waals surface area contributed by atoms with Gasteiger partial charge < -0.3 is 5.11 Å². The zero-order valence-corrected chi connectivity index (χ0v) is 17.1. The van der Waals surface area contributed by atoms with Crippen molar-refractivity contribution in [2.75, 3.05) is 6.61 Å². The molecule has 2 atom stereocenters. The number of hydrogen-bond donors (Lipinski definition) is 2. The number of diazo groups is 1. The van der Waals surface area contributed by atoms with Crippen LogP contribution in [0.15, 0.2) is 24.3 Å². The highest BCUT2D eigenvalue weighted by Crippen LogP contribution is 2.31. The molecule has 0 spiro atoms. The van der Waals surface area contributed by atoms with E-state index in [4.69, 9.17) is 5.39 Å². The van der Waals surface area contributed by atoms with Crippen molar-refractivity contribution in [2.45, 2.75) is 82.3 Å². The zero-order chi connectivity index (χ0) is 20.1. The van der Waals surface area contributed by atoms with Gasteiger partial charge in [-0.2, -0.15) is 8.42 Å². The second-order valence-corrected chi connectivity index (χ2v) is 8.86. The predicted octanol–water partition coefficient (Wildman–Crippen LogP) is 5.42. The molecule has 0 bridgehead atoms. The summed E-state index contributed by atoms with van der Waals surface area (Å²) in [5.74, 6) is -0.338. The van der Waals surface area contributed by atoms with Crippen LogP contribution in [-0.2, 0) is 10.1 Å². The summed E-state index contributed by atoms with van der Waals surface area (Å²) >= 11 is 0. The molecule has 0 aliphatic carbocycles. The van der Waals surface area contributed by atoms with Crippen LogP contribution in [0.3, 0.4) is 0 Å². The van der Waals surface area contributed by atoms with Crippen LogP contribution in [0.4, 0.5) is 5.69 Å². The van der Waals surface area contributed by atoms with Crippen LogP contribution >= 0.6 is 0 Å². The van der Waals surface area contributed by atoms with Gasteiger partial charge in [-0.15, -0.1) is 0 Å². The van der Waals surface area contributed by atoms with Gasteiger partial charge in [0.1, 0.15) is 0 Å². The standard InChI is InChI=1S/C20H32N2O4S/c1-2-3-4-5-6-7-8-11-18(27(24,25)26)15-14-17(16-23)19-12-9-10-13-20(19)22-21/h9-10,12-13,17-18,23H,2-8,11,14-16H2,1H3/p+1. The van der Waals surface area contributed by atoms with E-state index in [1.807, 2.05) is 0 Å².